The zero-order valence-electron chi connectivity index (χ0n) is 14.8. The second-order valence-corrected chi connectivity index (χ2v) is 7.08. The van der Waals surface area contributed by atoms with Crippen LogP contribution in [0, 0.1) is 18.3 Å². The van der Waals surface area contributed by atoms with E-state index < -0.39 is 0 Å². The highest BCUT2D eigenvalue weighted by atomic mass is 35.5. The Morgan fingerprint density at radius 1 is 1.30 bits per heavy atom. The first-order valence-corrected chi connectivity index (χ1v) is 9.05. The second-order valence-electron chi connectivity index (χ2n) is 6.70. The van der Waals surface area contributed by atoms with E-state index in [1.165, 1.54) is 5.56 Å². The van der Waals surface area contributed by atoms with Crippen LogP contribution in [0.2, 0.25) is 5.15 Å². The molecule has 0 spiro atoms. The number of hydrogen-bond donors (Lipinski definition) is 1. The van der Waals surface area contributed by atoms with Crippen LogP contribution < -0.4 is 0 Å². The van der Waals surface area contributed by atoms with Gasteiger partial charge in [0.15, 0.2) is 0 Å². The first-order chi connectivity index (χ1) is 13.0. The van der Waals surface area contributed by atoms with Crippen LogP contribution >= 0.6 is 11.6 Å². The highest BCUT2D eigenvalue weighted by Gasteiger charge is 2.23. The number of H-pyrrole nitrogens is 1. The molecule has 27 heavy (non-hydrogen) atoms. The Labute approximate surface area is 162 Å². The number of halogens is 1. The van der Waals surface area contributed by atoms with Gasteiger partial charge in [-0.15, -0.1) is 0 Å². The van der Waals surface area contributed by atoms with E-state index in [9.17, 15) is 4.79 Å². The number of aromatic amines is 1. The molecular formula is C21H17ClN4O. The van der Waals surface area contributed by atoms with Crippen LogP contribution in [-0.4, -0.2) is 27.3 Å². The van der Waals surface area contributed by atoms with Crippen molar-refractivity contribution in [1.29, 1.82) is 5.26 Å². The number of rotatable bonds is 2. The lowest BCUT2D eigenvalue weighted by Crippen LogP contribution is -2.36. The van der Waals surface area contributed by atoms with Crippen molar-refractivity contribution < 1.29 is 4.79 Å². The molecule has 0 aliphatic carbocycles. The number of nitrogens with one attached hydrogen (secondary N) is 1. The number of aromatic nitrogens is 2. The van der Waals surface area contributed by atoms with Crippen molar-refractivity contribution in [2.45, 2.75) is 19.9 Å². The molecule has 3 aromatic rings. The number of hydrogen-bond acceptors (Lipinski definition) is 3. The summed E-state index contributed by atoms with van der Waals surface area (Å²) in [6, 6.07) is 11.8. The van der Waals surface area contributed by atoms with E-state index in [2.05, 4.69) is 28.2 Å². The molecule has 0 atom stereocenters. The van der Waals surface area contributed by atoms with E-state index in [0.717, 1.165) is 28.7 Å². The predicted molar refractivity (Wildman–Crippen MR) is 103 cm³/mol. The molecule has 2 aromatic heterocycles. The van der Waals surface area contributed by atoms with Crippen molar-refractivity contribution in [3.8, 4) is 17.2 Å². The Morgan fingerprint density at radius 3 is 2.89 bits per heavy atom. The van der Waals surface area contributed by atoms with Crippen LogP contribution in [0.5, 0.6) is 0 Å². The molecule has 1 aliphatic heterocycles. The van der Waals surface area contributed by atoms with Crippen molar-refractivity contribution in [2.24, 2.45) is 0 Å². The highest BCUT2D eigenvalue weighted by Crippen LogP contribution is 2.29. The lowest BCUT2D eigenvalue weighted by atomic mass is 9.93. The van der Waals surface area contributed by atoms with Gasteiger partial charge in [0.25, 0.3) is 5.91 Å². The topological polar surface area (TPSA) is 72.8 Å². The van der Waals surface area contributed by atoms with Gasteiger partial charge in [-0.25, -0.2) is 4.98 Å². The molecule has 1 amide bonds. The predicted octanol–water partition coefficient (Wildman–Crippen LogP) is 4.11. The van der Waals surface area contributed by atoms with Gasteiger partial charge in [0.1, 0.15) is 16.9 Å². The van der Waals surface area contributed by atoms with Crippen molar-refractivity contribution in [2.75, 3.05) is 6.54 Å². The number of nitrogens with zero attached hydrogens (tertiary/aromatic N) is 3. The van der Waals surface area contributed by atoms with Gasteiger partial charge >= 0.3 is 0 Å². The van der Waals surface area contributed by atoms with Gasteiger partial charge in [-0.3, -0.25) is 4.79 Å². The quantitative estimate of drug-likeness (QED) is 0.684. The number of nitriles is 1. The summed E-state index contributed by atoms with van der Waals surface area (Å²) in [5.74, 6) is -0.0797. The van der Waals surface area contributed by atoms with E-state index in [0.29, 0.717) is 29.5 Å². The summed E-state index contributed by atoms with van der Waals surface area (Å²) in [6.07, 6.45) is 4.15. The fraction of sp³-hybridized carbons (Fsp3) is 0.190. The van der Waals surface area contributed by atoms with Crippen LogP contribution in [0.4, 0.5) is 0 Å². The molecular weight excluding hydrogens is 360 g/mol. The zero-order valence-corrected chi connectivity index (χ0v) is 15.5. The highest BCUT2D eigenvalue weighted by molar-refractivity contribution is 6.29. The summed E-state index contributed by atoms with van der Waals surface area (Å²) in [5.41, 5.74) is 6.57. The SMILES string of the molecule is Cc1cc(Cl)ncc1-c1ccc2c(c1)CCN(C(=O)c1cc(C#N)c[nH]1)C2. The molecule has 0 saturated heterocycles. The number of carbonyl (C=O) groups excluding carboxylic acids is 1. The second kappa shape index (κ2) is 6.90. The van der Waals surface area contributed by atoms with E-state index in [-0.39, 0.29) is 5.91 Å². The van der Waals surface area contributed by atoms with Gasteiger partial charge in [0.05, 0.1) is 5.56 Å². The zero-order chi connectivity index (χ0) is 19.0. The molecule has 6 heteroatoms. The molecule has 0 saturated carbocycles. The number of amides is 1. The fourth-order valence-corrected chi connectivity index (χ4v) is 3.68. The van der Waals surface area contributed by atoms with Crippen molar-refractivity contribution in [3.63, 3.8) is 0 Å². The lowest BCUT2D eigenvalue weighted by molar-refractivity contribution is 0.0729. The largest absolute Gasteiger partial charge is 0.356 e. The maximum Gasteiger partial charge on any atom is 0.270 e. The monoisotopic (exact) mass is 376 g/mol. The van der Waals surface area contributed by atoms with Crippen LogP contribution in [-0.2, 0) is 13.0 Å². The van der Waals surface area contributed by atoms with Gasteiger partial charge in [-0.2, -0.15) is 5.26 Å². The third-order valence-electron chi connectivity index (χ3n) is 4.94. The third-order valence-corrected chi connectivity index (χ3v) is 5.14. The number of benzene rings is 1. The first-order valence-electron chi connectivity index (χ1n) is 8.67. The van der Waals surface area contributed by atoms with Crippen LogP contribution in [0.1, 0.15) is 32.7 Å². The third kappa shape index (κ3) is 3.32. The summed E-state index contributed by atoms with van der Waals surface area (Å²) in [6.45, 7) is 3.23. The number of carbonyl (C=O) groups is 1. The molecule has 5 nitrogen and oxygen atoms in total. The summed E-state index contributed by atoms with van der Waals surface area (Å²) < 4.78 is 0. The standard InChI is InChI=1S/C21H17ClN4O/c1-13-6-20(22)25-11-18(13)16-2-3-17-12-26(5-4-15(17)8-16)21(27)19-7-14(9-23)10-24-19/h2-3,6-8,10-11,24H,4-5,12H2,1H3. The summed E-state index contributed by atoms with van der Waals surface area (Å²) >= 11 is 5.96. The molecule has 0 bridgehead atoms. The van der Waals surface area contributed by atoms with Gasteiger partial charge in [-0.05, 0) is 47.7 Å². The molecule has 0 radical (unpaired) electrons. The molecule has 134 valence electrons. The van der Waals surface area contributed by atoms with Crippen molar-refractivity contribution in [1.82, 2.24) is 14.9 Å². The minimum atomic E-state index is -0.0797. The van der Waals surface area contributed by atoms with Gasteiger partial charge < -0.3 is 9.88 Å². The Morgan fingerprint density at radius 2 is 2.15 bits per heavy atom. The molecule has 1 N–H and O–H groups in total. The van der Waals surface area contributed by atoms with Gasteiger partial charge in [0.2, 0.25) is 0 Å². The summed E-state index contributed by atoms with van der Waals surface area (Å²) in [5, 5.41) is 9.41. The molecule has 1 aromatic carbocycles. The fourth-order valence-electron chi connectivity index (χ4n) is 3.47. The Kier molecular flexibility index (Phi) is 4.43. The minimum absolute atomic E-state index is 0.0797. The van der Waals surface area contributed by atoms with E-state index >= 15 is 0 Å². The van der Waals surface area contributed by atoms with Gasteiger partial charge in [0, 0.05) is 31.0 Å². The lowest BCUT2D eigenvalue weighted by Gasteiger charge is -2.29. The Bertz CT molecular complexity index is 1080. The van der Waals surface area contributed by atoms with Gasteiger partial charge in [-0.1, -0.05) is 29.8 Å². The average molecular weight is 377 g/mol. The Balaban J connectivity index is 1.57. The van der Waals surface area contributed by atoms with Crippen molar-refractivity contribution >= 4 is 17.5 Å². The van der Waals surface area contributed by atoms with E-state index in [4.69, 9.17) is 16.9 Å². The summed E-state index contributed by atoms with van der Waals surface area (Å²) in [7, 11) is 0. The van der Waals surface area contributed by atoms with E-state index in [1.54, 1.807) is 18.5 Å². The van der Waals surface area contributed by atoms with Crippen LogP contribution in [0.3, 0.4) is 0 Å². The van der Waals surface area contributed by atoms with E-state index in [1.807, 2.05) is 24.0 Å². The molecule has 4 rings (SSSR count). The van der Waals surface area contributed by atoms with Crippen LogP contribution in [0.25, 0.3) is 11.1 Å². The number of fused-ring (bicyclic) bond motifs is 1. The molecule has 1 aliphatic rings. The number of pyridine rings is 1. The summed E-state index contributed by atoms with van der Waals surface area (Å²) in [4.78, 5) is 21.6. The smallest absolute Gasteiger partial charge is 0.270 e. The number of aryl methyl sites for hydroxylation is 1. The molecule has 0 fully saturated rings. The molecule has 3 heterocycles. The minimum Gasteiger partial charge on any atom is -0.356 e. The van der Waals surface area contributed by atoms with Crippen LogP contribution in [0.15, 0.2) is 42.7 Å². The Hall–Kier alpha value is -3.10. The maximum atomic E-state index is 12.7. The first kappa shape index (κ1) is 17.3. The normalized spacial score (nSPS) is 13.1. The maximum absolute atomic E-state index is 12.7. The average Bonchev–Trinajstić information content (AvgIpc) is 3.16. The molecule has 0 unspecified atom stereocenters. The van der Waals surface area contributed by atoms with Crippen molar-refractivity contribution in [3.05, 3.63) is 75.8 Å².